The van der Waals surface area contributed by atoms with E-state index in [0.717, 1.165) is 16.9 Å². The van der Waals surface area contributed by atoms with Crippen LogP contribution < -0.4 is 0 Å². The summed E-state index contributed by atoms with van der Waals surface area (Å²) in [5.41, 5.74) is 4.36. The van der Waals surface area contributed by atoms with Crippen LogP contribution in [0.1, 0.15) is 47.1 Å². The number of hydrogen-bond acceptors (Lipinski definition) is 5. The lowest BCUT2D eigenvalue weighted by Crippen LogP contribution is -2.26. The summed E-state index contributed by atoms with van der Waals surface area (Å²) in [5.74, 6) is 0.0730. The first-order valence-electron chi connectivity index (χ1n) is 9.55. The zero-order chi connectivity index (χ0) is 20.5. The van der Waals surface area contributed by atoms with Gasteiger partial charge in [0.05, 0.1) is 28.5 Å². The number of nitrogens with zero attached hydrogens (tertiary/aromatic N) is 5. The molecule has 0 fully saturated rings. The molecule has 0 aliphatic carbocycles. The molecule has 0 N–H and O–H groups in total. The van der Waals surface area contributed by atoms with E-state index in [0.29, 0.717) is 28.9 Å². The van der Waals surface area contributed by atoms with Crippen LogP contribution in [0.2, 0.25) is 0 Å². The van der Waals surface area contributed by atoms with E-state index in [1.165, 1.54) is 0 Å². The Morgan fingerprint density at radius 1 is 1.24 bits per heavy atom. The molecule has 0 radical (unpaired) electrons. The Bertz CT molecular complexity index is 1160. The van der Waals surface area contributed by atoms with Crippen molar-refractivity contribution in [2.75, 3.05) is 7.05 Å². The van der Waals surface area contributed by atoms with E-state index in [9.17, 15) is 4.79 Å². The third-order valence-electron chi connectivity index (χ3n) is 4.88. The number of amides is 1. The number of fused-ring (bicyclic) bond motifs is 1. The second-order valence-electron chi connectivity index (χ2n) is 7.49. The van der Waals surface area contributed by atoms with Gasteiger partial charge in [0, 0.05) is 31.0 Å². The summed E-state index contributed by atoms with van der Waals surface area (Å²) in [7, 11) is 1.78. The van der Waals surface area contributed by atoms with Gasteiger partial charge in [-0.1, -0.05) is 37.2 Å². The molecule has 1 aromatic carbocycles. The molecule has 148 valence electrons. The van der Waals surface area contributed by atoms with Gasteiger partial charge in [-0.25, -0.2) is 9.67 Å². The van der Waals surface area contributed by atoms with Crippen LogP contribution >= 0.6 is 0 Å². The van der Waals surface area contributed by atoms with Crippen LogP contribution in [0.3, 0.4) is 0 Å². The smallest absolute Gasteiger partial charge is 0.259 e. The van der Waals surface area contributed by atoms with Crippen LogP contribution in [0.4, 0.5) is 0 Å². The van der Waals surface area contributed by atoms with E-state index in [4.69, 9.17) is 4.52 Å². The van der Waals surface area contributed by atoms with Crippen molar-refractivity contribution < 1.29 is 9.32 Å². The van der Waals surface area contributed by atoms with Crippen molar-refractivity contribution in [2.45, 2.75) is 33.2 Å². The van der Waals surface area contributed by atoms with E-state index >= 15 is 0 Å². The van der Waals surface area contributed by atoms with Crippen molar-refractivity contribution in [3.63, 3.8) is 0 Å². The fourth-order valence-corrected chi connectivity index (χ4v) is 3.29. The fourth-order valence-electron chi connectivity index (χ4n) is 3.29. The molecule has 1 amide bonds. The minimum atomic E-state index is -0.0990. The molecule has 0 aliphatic rings. The predicted molar refractivity (Wildman–Crippen MR) is 110 cm³/mol. The number of aryl methyl sites for hydroxylation is 1. The highest BCUT2D eigenvalue weighted by atomic mass is 16.5. The number of aromatic nitrogens is 4. The average Bonchev–Trinajstić information content (AvgIpc) is 3.34. The van der Waals surface area contributed by atoms with Gasteiger partial charge in [-0.2, -0.15) is 5.10 Å². The number of pyridine rings is 1. The number of hydrogen-bond donors (Lipinski definition) is 0. The topological polar surface area (TPSA) is 77.1 Å². The summed E-state index contributed by atoms with van der Waals surface area (Å²) in [6, 6.07) is 11.7. The van der Waals surface area contributed by atoms with Gasteiger partial charge >= 0.3 is 0 Å². The molecule has 7 nitrogen and oxygen atoms in total. The van der Waals surface area contributed by atoms with Gasteiger partial charge in [-0.05, 0) is 31.0 Å². The maximum atomic E-state index is 13.3. The van der Waals surface area contributed by atoms with Crippen LogP contribution in [0, 0.1) is 6.92 Å². The molecule has 3 heterocycles. The second kappa shape index (κ2) is 7.50. The molecule has 4 aromatic rings. The van der Waals surface area contributed by atoms with Crippen molar-refractivity contribution in [1.82, 2.24) is 24.8 Å². The van der Waals surface area contributed by atoms with Crippen molar-refractivity contribution in [2.24, 2.45) is 0 Å². The lowest BCUT2D eigenvalue weighted by Gasteiger charge is -2.17. The molecule has 0 aliphatic heterocycles. The minimum Gasteiger partial charge on any atom is -0.337 e. The number of para-hydroxylation sites is 1. The first kappa shape index (κ1) is 18.9. The van der Waals surface area contributed by atoms with Gasteiger partial charge < -0.3 is 9.42 Å². The summed E-state index contributed by atoms with van der Waals surface area (Å²) in [6.45, 7) is 6.33. The van der Waals surface area contributed by atoms with Crippen LogP contribution in [0.5, 0.6) is 0 Å². The molecule has 0 saturated heterocycles. The summed E-state index contributed by atoms with van der Waals surface area (Å²) < 4.78 is 7.14. The summed E-state index contributed by atoms with van der Waals surface area (Å²) in [4.78, 5) is 19.5. The first-order chi connectivity index (χ1) is 13.9. The SMILES string of the molecule is Cc1noc2nc(C(C)C)cc(C(=O)N(C)Cc3cnn(-c4ccccc4)c3)c12. The molecule has 0 spiro atoms. The van der Waals surface area contributed by atoms with Gasteiger partial charge in [0.1, 0.15) is 0 Å². The largest absolute Gasteiger partial charge is 0.337 e. The Morgan fingerprint density at radius 2 is 2.00 bits per heavy atom. The Hall–Kier alpha value is -3.48. The van der Waals surface area contributed by atoms with Crippen LogP contribution in [0.25, 0.3) is 16.8 Å². The van der Waals surface area contributed by atoms with Crippen molar-refractivity contribution in [1.29, 1.82) is 0 Å². The molecule has 29 heavy (non-hydrogen) atoms. The third kappa shape index (κ3) is 3.63. The lowest BCUT2D eigenvalue weighted by molar-refractivity contribution is 0.0786. The van der Waals surface area contributed by atoms with Crippen LogP contribution in [-0.4, -0.2) is 37.8 Å². The Balaban J connectivity index is 1.62. The highest BCUT2D eigenvalue weighted by Gasteiger charge is 2.22. The standard InChI is InChI=1S/C22H23N5O2/c1-14(2)19-10-18(20-15(3)25-29-21(20)24-19)22(28)26(4)12-16-11-23-27(13-16)17-8-6-5-7-9-17/h5-11,13-14H,12H2,1-4H3. The third-order valence-corrected chi connectivity index (χ3v) is 4.88. The van der Waals surface area contributed by atoms with Crippen LogP contribution in [0.15, 0.2) is 53.3 Å². The van der Waals surface area contributed by atoms with Gasteiger partial charge in [0.15, 0.2) is 0 Å². The quantitative estimate of drug-likeness (QED) is 0.513. The molecule has 0 saturated carbocycles. The van der Waals surface area contributed by atoms with E-state index in [1.807, 2.05) is 63.4 Å². The highest BCUT2D eigenvalue weighted by Crippen LogP contribution is 2.26. The molecule has 0 bridgehead atoms. The van der Waals surface area contributed by atoms with Gasteiger partial charge in [-0.3, -0.25) is 4.79 Å². The average molecular weight is 389 g/mol. The highest BCUT2D eigenvalue weighted by molar-refractivity contribution is 6.05. The molecule has 7 heteroatoms. The summed E-state index contributed by atoms with van der Waals surface area (Å²) in [6.07, 6.45) is 3.72. The van der Waals surface area contributed by atoms with E-state index < -0.39 is 0 Å². The molecular weight excluding hydrogens is 366 g/mol. The van der Waals surface area contributed by atoms with Gasteiger partial charge in [0.25, 0.3) is 11.6 Å². The zero-order valence-electron chi connectivity index (χ0n) is 17.0. The number of rotatable bonds is 5. The molecule has 0 unspecified atom stereocenters. The van der Waals surface area contributed by atoms with E-state index in [-0.39, 0.29) is 11.8 Å². The minimum absolute atomic E-state index is 0.0990. The maximum Gasteiger partial charge on any atom is 0.259 e. The Labute approximate surface area is 168 Å². The normalized spacial score (nSPS) is 11.3. The number of benzene rings is 1. The summed E-state index contributed by atoms with van der Waals surface area (Å²) in [5, 5.41) is 9.08. The van der Waals surface area contributed by atoms with Gasteiger partial charge in [-0.15, -0.1) is 0 Å². The van der Waals surface area contributed by atoms with Crippen LogP contribution in [-0.2, 0) is 6.54 Å². The second-order valence-corrected chi connectivity index (χ2v) is 7.49. The maximum absolute atomic E-state index is 13.3. The van der Waals surface area contributed by atoms with E-state index in [2.05, 4.69) is 15.2 Å². The fraction of sp³-hybridized carbons (Fsp3) is 0.273. The monoisotopic (exact) mass is 389 g/mol. The first-order valence-corrected chi connectivity index (χ1v) is 9.55. The predicted octanol–water partition coefficient (Wildman–Crippen LogP) is 4.11. The van der Waals surface area contributed by atoms with Gasteiger partial charge in [0.2, 0.25) is 0 Å². The molecular formula is C22H23N5O2. The Kier molecular flexibility index (Phi) is 4.88. The summed E-state index contributed by atoms with van der Waals surface area (Å²) >= 11 is 0. The van der Waals surface area contributed by atoms with Crippen molar-refractivity contribution in [3.8, 4) is 5.69 Å². The Morgan fingerprint density at radius 3 is 2.72 bits per heavy atom. The molecule has 3 aromatic heterocycles. The zero-order valence-corrected chi connectivity index (χ0v) is 17.0. The van der Waals surface area contributed by atoms with E-state index in [1.54, 1.807) is 22.8 Å². The van der Waals surface area contributed by atoms with Crippen molar-refractivity contribution >= 4 is 17.0 Å². The molecule has 0 atom stereocenters. The van der Waals surface area contributed by atoms with Crippen molar-refractivity contribution in [3.05, 3.63) is 71.3 Å². The number of carbonyl (C=O) groups is 1. The lowest BCUT2D eigenvalue weighted by atomic mass is 10.0. The number of carbonyl (C=O) groups excluding carboxylic acids is 1. The molecule has 4 rings (SSSR count).